The standard InChI is InChI=1S/C19H20O3/c1-14-16(15-7-3-2-4-8-15)10-11-18(17(14)13-20)22-19-9-5-6-12-21-19/h2-4,7-8,10-11,13,19H,5-6,9,12H2,1H3. The SMILES string of the molecule is Cc1c(-c2ccccc2)ccc(OC2CCCCO2)c1C=O. The van der Waals surface area contributed by atoms with Crippen LogP contribution in [0.1, 0.15) is 35.2 Å². The first kappa shape index (κ1) is 14.8. The number of carbonyl (C=O) groups is 1. The molecule has 0 aliphatic carbocycles. The van der Waals surface area contributed by atoms with Gasteiger partial charge in [-0.15, -0.1) is 0 Å². The predicted octanol–water partition coefficient (Wildman–Crippen LogP) is 4.38. The first-order valence-corrected chi connectivity index (χ1v) is 7.72. The van der Waals surface area contributed by atoms with Gasteiger partial charge in [-0.1, -0.05) is 36.4 Å². The maximum Gasteiger partial charge on any atom is 0.199 e. The van der Waals surface area contributed by atoms with Crippen molar-refractivity contribution < 1.29 is 14.3 Å². The Bertz CT molecular complexity index is 643. The van der Waals surface area contributed by atoms with Crippen molar-refractivity contribution in [2.75, 3.05) is 6.61 Å². The molecule has 0 amide bonds. The Morgan fingerprint density at radius 3 is 2.64 bits per heavy atom. The Morgan fingerprint density at radius 1 is 1.14 bits per heavy atom. The van der Waals surface area contributed by atoms with Gasteiger partial charge in [0.05, 0.1) is 12.2 Å². The van der Waals surface area contributed by atoms with Gasteiger partial charge in [-0.05, 0) is 42.5 Å². The minimum Gasteiger partial charge on any atom is -0.464 e. The van der Waals surface area contributed by atoms with Crippen LogP contribution in [-0.4, -0.2) is 19.2 Å². The molecule has 0 saturated carbocycles. The molecule has 1 aliphatic heterocycles. The third-order valence-electron chi connectivity index (χ3n) is 4.07. The monoisotopic (exact) mass is 296 g/mol. The van der Waals surface area contributed by atoms with Crippen molar-refractivity contribution in [2.45, 2.75) is 32.5 Å². The van der Waals surface area contributed by atoms with E-state index < -0.39 is 0 Å². The summed E-state index contributed by atoms with van der Waals surface area (Å²) in [4.78, 5) is 11.6. The highest BCUT2D eigenvalue weighted by Crippen LogP contribution is 2.32. The van der Waals surface area contributed by atoms with Crippen LogP contribution in [0.5, 0.6) is 5.75 Å². The quantitative estimate of drug-likeness (QED) is 0.785. The van der Waals surface area contributed by atoms with Crippen LogP contribution in [0.3, 0.4) is 0 Å². The number of aldehydes is 1. The van der Waals surface area contributed by atoms with E-state index in [1.165, 1.54) is 0 Å². The molecular formula is C19H20O3. The van der Waals surface area contributed by atoms with Crippen LogP contribution < -0.4 is 4.74 Å². The molecule has 0 radical (unpaired) electrons. The van der Waals surface area contributed by atoms with Gasteiger partial charge in [-0.25, -0.2) is 0 Å². The van der Waals surface area contributed by atoms with Gasteiger partial charge < -0.3 is 9.47 Å². The van der Waals surface area contributed by atoms with Crippen LogP contribution in [0.4, 0.5) is 0 Å². The van der Waals surface area contributed by atoms with Crippen molar-refractivity contribution in [1.82, 2.24) is 0 Å². The van der Waals surface area contributed by atoms with E-state index in [-0.39, 0.29) is 6.29 Å². The number of rotatable bonds is 4. The Balaban J connectivity index is 1.92. The zero-order valence-electron chi connectivity index (χ0n) is 12.7. The van der Waals surface area contributed by atoms with Crippen molar-refractivity contribution in [3.05, 3.63) is 53.6 Å². The highest BCUT2D eigenvalue weighted by atomic mass is 16.7. The summed E-state index contributed by atoms with van der Waals surface area (Å²) in [5.41, 5.74) is 3.70. The van der Waals surface area contributed by atoms with Crippen LogP contribution in [0.15, 0.2) is 42.5 Å². The first-order chi connectivity index (χ1) is 10.8. The Kier molecular flexibility index (Phi) is 4.54. The second-order valence-electron chi connectivity index (χ2n) is 5.55. The minimum absolute atomic E-state index is 0.241. The predicted molar refractivity (Wildman–Crippen MR) is 86.2 cm³/mol. The van der Waals surface area contributed by atoms with Gasteiger partial charge in [0.25, 0.3) is 0 Å². The van der Waals surface area contributed by atoms with Crippen LogP contribution in [-0.2, 0) is 4.74 Å². The molecule has 3 nitrogen and oxygen atoms in total. The Morgan fingerprint density at radius 2 is 1.95 bits per heavy atom. The fraction of sp³-hybridized carbons (Fsp3) is 0.316. The zero-order valence-corrected chi connectivity index (χ0v) is 12.7. The van der Waals surface area contributed by atoms with E-state index in [1.807, 2.05) is 49.4 Å². The third-order valence-corrected chi connectivity index (χ3v) is 4.07. The Hall–Kier alpha value is -2.13. The van der Waals surface area contributed by atoms with Crippen molar-refractivity contribution >= 4 is 6.29 Å². The molecule has 3 rings (SSSR count). The molecule has 0 aromatic heterocycles. The summed E-state index contributed by atoms with van der Waals surface area (Å²) in [6.07, 6.45) is 3.68. The molecule has 1 aliphatic rings. The third kappa shape index (κ3) is 3.04. The molecule has 1 saturated heterocycles. The summed E-state index contributed by atoms with van der Waals surface area (Å²) < 4.78 is 11.5. The maximum atomic E-state index is 11.6. The molecule has 2 aromatic carbocycles. The number of benzene rings is 2. The van der Waals surface area contributed by atoms with Gasteiger partial charge in [0, 0.05) is 6.42 Å². The smallest absolute Gasteiger partial charge is 0.199 e. The zero-order chi connectivity index (χ0) is 15.4. The summed E-state index contributed by atoms with van der Waals surface area (Å²) in [6.45, 7) is 2.68. The average molecular weight is 296 g/mol. The molecule has 0 bridgehead atoms. The summed E-state index contributed by atoms with van der Waals surface area (Å²) in [5, 5.41) is 0. The lowest BCUT2D eigenvalue weighted by atomic mass is 9.96. The summed E-state index contributed by atoms with van der Waals surface area (Å²) in [5.74, 6) is 0.610. The number of carbonyl (C=O) groups excluding carboxylic acids is 1. The summed E-state index contributed by atoms with van der Waals surface area (Å²) in [6, 6.07) is 13.9. The molecule has 114 valence electrons. The molecular weight excluding hydrogens is 276 g/mol. The summed E-state index contributed by atoms with van der Waals surface area (Å²) >= 11 is 0. The van der Waals surface area contributed by atoms with Crippen molar-refractivity contribution in [3.8, 4) is 16.9 Å². The second-order valence-corrected chi connectivity index (χ2v) is 5.55. The van der Waals surface area contributed by atoms with Crippen molar-refractivity contribution in [2.24, 2.45) is 0 Å². The van der Waals surface area contributed by atoms with Crippen LogP contribution >= 0.6 is 0 Å². The van der Waals surface area contributed by atoms with Crippen LogP contribution in [0.25, 0.3) is 11.1 Å². The molecule has 0 N–H and O–H groups in total. The fourth-order valence-corrected chi connectivity index (χ4v) is 2.83. The van der Waals surface area contributed by atoms with Crippen molar-refractivity contribution in [3.63, 3.8) is 0 Å². The second kappa shape index (κ2) is 6.75. The van der Waals surface area contributed by atoms with Gasteiger partial charge in [-0.3, -0.25) is 4.79 Å². The molecule has 22 heavy (non-hydrogen) atoms. The minimum atomic E-state index is -0.241. The molecule has 0 spiro atoms. The van der Waals surface area contributed by atoms with E-state index in [0.29, 0.717) is 11.3 Å². The lowest BCUT2D eigenvalue weighted by Gasteiger charge is -2.24. The number of hydrogen-bond acceptors (Lipinski definition) is 3. The topological polar surface area (TPSA) is 35.5 Å². The van der Waals surface area contributed by atoms with Gasteiger partial charge in [0.1, 0.15) is 5.75 Å². The number of ether oxygens (including phenoxy) is 2. The average Bonchev–Trinajstić information content (AvgIpc) is 2.57. The first-order valence-electron chi connectivity index (χ1n) is 7.72. The lowest BCUT2D eigenvalue weighted by molar-refractivity contribution is -0.106. The largest absolute Gasteiger partial charge is 0.464 e. The normalized spacial score (nSPS) is 18.0. The fourth-order valence-electron chi connectivity index (χ4n) is 2.83. The van der Waals surface area contributed by atoms with E-state index in [1.54, 1.807) is 0 Å². The van der Waals surface area contributed by atoms with E-state index in [9.17, 15) is 4.79 Å². The lowest BCUT2D eigenvalue weighted by Crippen LogP contribution is -2.25. The van der Waals surface area contributed by atoms with Gasteiger partial charge in [-0.2, -0.15) is 0 Å². The van der Waals surface area contributed by atoms with Gasteiger partial charge in [0.15, 0.2) is 12.6 Å². The summed E-state index contributed by atoms with van der Waals surface area (Å²) in [7, 11) is 0. The highest BCUT2D eigenvalue weighted by molar-refractivity contribution is 5.86. The van der Waals surface area contributed by atoms with E-state index >= 15 is 0 Å². The highest BCUT2D eigenvalue weighted by Gasteiger charge is 2.18. The van der Waals surface area contributed by atoms with E-state index in [0.717, 1.165) is 48.8 Å². The van der Waals surface area contributed by atoms with Gasteiger partial charge >= 0.3 is 0 Å². The molecule has 1 fully saturated rings. The molecule has 1 heterocycles. The molecule has 2 aromatic rings. The van der Waals surface area contributed by atoms with Crippen LogP contribution in [0, 0.1) is 6.92 Å². The number of hydrogen-bond donors (Lipinski definition) is 0. The molecule has 3 heteroatoms. The Labute approximate surface area is 130 Å². The maximum absolute atomic E-state index is 11.6. The van der Waals surface area contributed by atoms with E-state index in [2.05, 4.69) is 0 Å². The molecule has 1 atom stereocenters. The van der Waals surface area contributed by atoms with Crippen molar-refractivity contribution in [1.29, 1.82) is 0 Å². The molecule has 1 unspecified atom stereocenters. The van der Waals surface area contributed by atoms with E-state index in [4.69, 9.17) is 9.47 Å². The van der Waals surface area contributed by atoms with Crippen LogP contribution in [0.2, 0.25) is 0 Å². The van der Waals surface area contributed by atoms with Gasteiger partial charge in [0.2, 0.25) is 0 Å².